The number of thiazole rings is 1. The van der Waals surface area contributed by atoms with Gasteiger partial charge in [0.05, 0.1) is 18.6 Å². The summed E-state index contributed by atoms with van der Waals surface area (Å²) >= 11 is 1.32. The zero-order chi connectivity index (χ0) is 18.0. The number of rotatable bonds is 5. The summed E-state index contributed by atoms with van der Waals surface area (Å²) in [7, 11) is -1.67. The van der Waals surface area contributed by atoms with Gasteiger partial charge in [-0.05, 0) is 25.1 Å². The first-order chi connectivity index (χ1) is 11.9. The lowest BCUT2D eigenvalue weighted by Gasteiger charge is -2.24. The SMILES string of the molecule is CCS(=O)(=O)N1CCc2nc(NC(=O)c3cccc(OC)c3)sc2C1. The summed E-state index contributed by atoms with van der Waals surface area (Å²) in [5.74, 6) is 0.412. The summed E-state index contributed by atoms with van der Waals surface area (Å²) in [6.07, 6.45) is 0.556. The number of nitrogens with one attached hydrogen (secondary N) is 1. The fourth-order valence-corrected chi connectivity index (χ4v) is 4.74. The lowest BCUT2D eigenvalue weighted by atomic mass is 10.2. The van der Waals surface area contributed by atoms with Crippen LogP contribution in [-0.4, -0.2) is 43.0 Å². The predicted octanol–water partition coefficient (Wildman–Crippen LogP) is 2.11. The Morgan fingerprint density at radius 1 is 1.44 bits per heavy atom. The Morgan fingerprint density at radius 2 is 2.24 bits per heavy atom. The van der Waals surface area contributed by atoms with Crippen molar-refractivity contribution in [1.29, 1.82) is 0 Å². The largest absolute Gasteiger partial charge is 0.497 e. The number of nitrogens with zero attached hydrogens (tertiary/aromatic N) is 2. The standard InChI is InChI=1S/C16H19N3O4S2/c1-3-25(21,22)19-8-7-13-14(10-19)24-16(17-13)18-15(20)11-5-4-6-12(9-11)23-2/h4-6,9H,3,7-8,10H2,1-2H3,(H,17,18,20). The van der Waals surface area contributed by atoms with Crippen molar-refractivity contribution in [1.82, 2.24) is 9.29 Å². The number of carbonyl (C=O) groups is 1. The highest BCUT2D eigenvalue weighted by Gasteiger charge is 2.28. The van der Waals surface area contributed by atoms with Crippen LogP contribution in [0.2, 0.25) is 0 Å². The molecule has 3 rings (SSSR count). The average molecular weight is 381 g/mol. The highest BCUT2D eigenvalue weighted by Crippen LogP contribution is 2.30. The molecule has 0 spiro atoms. The van der Waals surface area contributed by atoms with Gasteiger partial charge in [0.2, 0.25) is 10.0 Å². The Hall–Kier alpha value is -1.97. The highest BCUT2D eigenvalue weighted by molar-refractivity contribution is 7.89. The number of ether oxygens (including phenoxy) is 1. The monoisotopic (exact) mass is 381 g/mol. The molecule has 0 aliphatic carbocycles. The van der Waals surface area contributed by atoms with E-state index in [1.54, 1.807) is 38.3 Å². The fraction of sp³-hybridized carbons (Fsp3) is 0.375. The van der Waals surface area contributed by atoms with Gasteiger partial charge in [-0.1, -0.05) is 6.07 Å². The second-order valence-corrected chi connectivity index (χ2v) is 8.90. The predicted molar refractivity (Wildman–Crippen MR) is 96.6 cm³/mol. The number of anilines is 1. The smallest absolute Gasteiger partial charge is 0.257 e. The Labute approximate surface area is 150 Å². The number of aromatic nitrogens is 1. The number of hydrogen-bond donors (Lipinski definition) is 1. The van der Waals surface area contributed by atoms with Gasteiger partial charge in [-0.15, -0.1) is 11.3 Å². The topological polar surface area (TPSA) is 88.6 Å². The van der Waals surface area contributed by atoms with Crippen LogP contribution in [-0.2, 0) is 23.0 Å². The van der Waals surface area contributed by atoms with Gasteiger partial charge in [0, 0.05) is 30.0 Å². The number of methoxy groups -OCH3 is 1. The zero-order valence-corrected chi connectivity index (χ0v) is 15.6. The normalized spacial score (nSPS) is 14.8. The van der Waals surface area contributed by atoms with Crippen LogP contribution in [0.15, 0.2) is 24.3 Å². The molecule has 0 unspecified atom stereocenters. The number of amides is 1. The molecule has 0 radical (unpaired) electrons. The summed E-state index contributed by atoms with van der Waals surface area (Å²) in [4.78, 5) is 17.7. The van der Waals surface area contributed by atoms with E-state index in [0.717, 1.165) is 10.6 Å². The van der Waals surface area contributed by atoms with Crippen molar-refractivity contribution in [2.45, 2.75) is 19.9 Å². The number of benzene rings is 1. The number of carbonyl (C=O) groups excluding carboxylic acids is 1. The molecule has 1 aliphatic heterocycles. The quantitative estimate of drug-likeness (QED) is 0.857. The van der Waals surface area contributed by atoms with Gasteiger partial charge in [-0.3, -0.25) is 10.1 Å². The second-order valence-electron chi connectivity index (χ2n) is 5.56. The molecular weight excluding hydrogens is 362 g/mol. The minimum atomic E-state index is -3.22. The molecule has 2 heterocycles. The fourth-order valence-electron chi connectivity index (χ4n) is 2.58. The van der Waals surface area contributed by atoms with Crippen LogP contribution in [0.1, 0.15) is 27.9 Å². The lowest BCUT2D eigenvalue weighted by Crippen LogP contribution is -2.36. The van der Waals surface area contributed by atoms with Crippen LogP contribution < -0.4 is 10.1 Å². The molecule has 1 N–H and O–H groups in total. The molecule has 1 aromatic heterocycles. The van der Waals surface area contributed by atoms with Crippen molar-refractivity contribution in [2.75, 3.05) is 24.7 Å². The highest BCUT2D eigenvalue weighted by atomic mass is 32.2. The lowest BCUT2D eigenvalue weighted by molar-refractivity contribution is 0.102. The second kappa shape index (κ2) is 7.11. The zero-order valence-electron chi connectivity index (χ0n) is 14.0. The van der Waals surface area contributed by atoms with Gasteiger partial charge in [0.1, 0.15) is 5.75 Å². The Kier molecular flexibility index (Phi) is 5.07. The Bertz CT molecular complexity index is 893. The summed E-state index contributed by atoms with van der Waals surface area (Å²) in [5, 5.41) is 3.26. The van der Waals surface area contributed by atoms with Crippen molar-refractivity contribution in [3.63, 3.8) is 0 Å². The Morgan fingerprint density at radius 3 is 2.96 bits per heavy atom. The third kappa shape index (κ3) is 3.83. The van der Waals surface area contributed by atoms with Crippen molar-refractivity contribution in [3.8, 4) is 5.75 Å². The molecule has 0 saturated heterocycles. The van der Waals surface area contributed by atoms with Gasteiger partial charge in [0.15, 0.2) is 5.13 Å². The van der Waals surface area contributed by atoms with Crippen LogP contribution >= 0.6 is 11.3 Å². The van der Waals surface area contributed by atoms with Crippen molar-refractivity contribution >= 4 is 32.4 Å². The molecule has 25 heavy (non-hydrogen) atoms. The van der Waals surface area contributed by atoms with Crippen molar-refractivity contribution < 1.29 is 17.9 Å². The maximum atomic E-state index is 12.4. The molecule has 2 aromatic rings. The third-order valence-electron chi connectivity index (χ3n) is 4.01. The molecule has 9 heteroatoms. The van der Waals surface area contributed by atoms with Gasteiger partial charge in [-0.25, -0.2) is 13.4 Å². The molecule has 7 nitrogen and oxygen atoms in total. The average Bonchev–Trinajstić information content (AvgIpc) is 3.03. The van der Waals surface area contributed by atoms with Crippen LogP contribution in [0.3, 0.4) is 0 Å². The summed E-state index contributed by atoms with van der Waals surface area (Å²) in [5.41, 5.74) is 1.33. The molecule has 1 aliphatic rings. The third-order valence-corrected chi connectivity index (χ3v) is 6.83. The van der Waals surface area contributed by atoms with Gasteiger partial charge >= 0.3 is 0 Å². The van der Waals surface area contributed by atoms with Crippen LogP contribution in [0.4, 0.5) is 5.13 Å². The number of sulfonamides is 1. The molecule has 0 atom stereocenters. The first kappa shape index (κ1) is 17.8. The first-order valence-corrected chi connectivity index (χ1v) is 10.3. The first-order valence-electron chi connectivity index (χ1n) is 7.84. The van der Waals surface area contributed by atoms with Crippen LogP contribution in [0.5, 0.6) is 5.75 Å². The van der Waals surface area contributed by atoms with Gasteiger partial charge in [0.25, 0.3) is 5.91 Å². The van der Waals surface area contributed by atoms with E-state index in [-0.39, 0.29) is 11.7 Å². The van der Waals surface area contributed by atoms with E-state index in [4.69, 9.17) is 4.74 Å². The maximum Gasteiger partial charge on any atom is 0.257 e. The van der Waals surface area contributed by atoms with E-state index in [0.29, 0.717) is 36.0 Å². The molecule has 134 valence electrons. The van der Waals surface area contributed by atoms with E-state index < -0.39 is 10.0 Å². The van der Waals surface area contributed by atoms with E-state index >= 15 is 0 Å². The van der Waals surface area contributed by atoms with E-state index in [1.807, 2.05) is 0 Å². The number of hydrogen-bond acceptors (Lipinski definition) is 6. The van der Waals surface area contributed by atoms with Crippen LogP contribution in [0.25, 0.3) is 0 Å². The molecule has 0 saturated carbocycles. The maximum absolute atomic E-state index is 12.4. The minimum Gasteiger partial charge on any atom is -0.497 e. The van der Waals surface area contributed by atoms with E-state index in [1.165, 1.54) is 15.6 Å². The summed E-state index contributed by atoms with van der Waals surface area (Å²) in [6.45, 7) is 2.38. The van der Waals surface area contributed by atoms with Crippen LogP contribution in [0, 0.1) is 0 Å². The molecule has 1 amide bonds. The molecule has 0 fully saturated rings. The number of fused-ring (bicyclic) bond motifs is 1. The van der Waals surface area contributed by atoms with E-state index in [9.17, 15) is 13.2 Å². The molecule has 0 bridgehead atoms. The van der Waals surface area contributed by atoms with Crippen molar-refractivity contribution in [2.24, 2.45) is 0 Å². The minimum absolute atomic E-state index is 0.0839. The molecular formula is C16H19N3O4S2. The Balaban J connectivity index is 1.75. The van der Waals surface area contributed by atoms with Gasteiger partial charge in [-0.2, -0.15) is 4.31 Å². The van der Waals surface area contributed by atoms with E-state index in [2.05, 4.69) is 10.3 Å². The van der Waals surface area contributed by atoms with Crippen molar-refractivity contribution in [3.05, 3.63) is 40.4 Å². The van der Waals surface area contributed by atoms with Gasteiger partial charge < -0.3 is 4.74 Å². The summed E-state index contributed by atoms with van der Waals surface area (Å²) < 4.78 is 30.6. The summed E-state index contributed by atoms with van der Waals surface area (Å²) in [6, 6.07) is 6.86. The molecule has 1 aromatic carbocycles.